The van der Waals surface area contributed by atoms with Crippen molar-refractivity contribution in [2.45, 2.75) is 50.9 Å². The number of rotatable bonds is 6. The van der Waals surface area contributed by atoms with Gasteiger partial charge in [-0.05, 0) is 111 Å². The van der Waals surface area contributed by atoms with Crippen molar-refractivity contribution in [1.82, 2.24) is 0 Å². The largest absolute Gasteiger partial charge is 0.496 e. The highest BCUT2D eigenvalue weighted by molar-refractivity contribution is 5.92. The van der Waals surface area contributed by atoms with E-state index in [1.165, 1.54) is 44.1 Å². The van der Waals surface area contributed by atoms with Crippen molar-refractivity contribution in [1.29, 1.82) is 0 Å². The van der Waals surface area contributed by atoms with E-state index in [4.69, 9.17) is 14.2 Å². The predicted molar refractivity (Wildman–Crippen MR) is 120 cm³/mol. The second-order valence-electron chi connectivity index (χ2n) is 9.75. The predicted octanol–water partition coefficient (Wildman–Crippen LogP) is 5.56. The summed E-state index contributed by atoms with van der Waals surface area (Å²) in [5, 5.41) is 0. The fourth-order valence-electron chi connectivity index (χ4n) is 6.73. The molecule has 0 N–H and O–H groups in total. The van der Waals surface area contributed by atoms with Crippen LogP contribution < -0.4 is 9.47 Å². The van der Waals surface area contributed by atoms with Crippen molar-refractivity contribution in [2.75, 3.05) is 13.7 Å². The highest BCUT2D eigenvalue weighted by Crippen LogP contribution is 2.61. The first-order chi connectivity index (χ1) is 15.5. The van der Waals surface area contributed by atoms with Crippen molar-refractivity contribution in [3.8, 4) is 11.5 Å². The van der Waals surface area contributed by atoms with E-state index < -0.39 is 5.97 Å². The summed E-state index contributed by atoms with van der Waals surface area (Å²) in [7, 11) is 1.71. The lowest BCUT2D eigenvalue weighted by Gasteiger charge is -2.57. The molecule has 4 aliphatic rings. The number of esters is 2. The number of ether oxygens (including phenoxy) is 3. The summed E-state index contributed by atoms with van der Waals surface area (Å²) in [6, 6.07) is 12.1. The van der Waals surface area contributed by atoms with Gasteiger partial charge in [0.2, 0.25) is 0 Å². The van der Waals surface area contributed by atoms with E-state index in [9.17, 15) is 9.59 Å². The van der Waals surface area contributed by atoms with Crippen LogP contribution in [-0.2, 0) is 10.2 Å². The minimum Gasteiger partial charge on any atom is -0.496 e. The van der Waals surface area contributed by atoms with Crippen LogP contribution in [0.2, 0.25) is 0 Å². The van der Waals surface area contributed by atoms with Crippen molar-refractivity contribution in [2.24, 2.45) is 17.8 Å². The molecule has 0 atom stereocenters. The summed E-state index contributed by atoms with van der Waals surface area (Å²) in [4.78, 5) is 24.8. The molecule has 4 aliphatic carbocycles. The van der Waals surface area contributed by atoms with Crippen LogP contribution in [-0.4, -0.2) is 25.7 Å². The monoisotopic (exact) mass is 434 g/mol. The van der Waals surface area contributed by atoms with Crippen molar-refractivity contribution < 1.29 is 23.8 Å². The van der Waals surface area contributed by atoms with Gasteiger partial charge in [0, 0.05) is 5.56 Å². The molecule has 4 bridgehead atoms. The second-order valence-corrected chi connectivity index (χ2v) is 9.75. The third-order valence-electron chi connectivity index (χ3n) is 7.62. The summed E-state index contributed by atoms with van der Waals surface area (Å²) >= 11 is 0. The second kappa shape index (κ2) is 8.27. The van der Waals surface area contributed by atoms with Crippen LogP contribution in [0.3, 0.4) is 0 Å². The smallest absolute Gasteiger partial charge is 0.343 e. The average Bonchev–Trinajstić information content (AvgIpc) is 2.78. The Morgan fingerprint density at radius 3 is 2.03 bits per heavy atom. The Labute approximate surface area is 189 Å². The van der Waals surface area contributed by atoms with Crippen LogP contribution in [0.4, 0.5) is 0 Å². The highest BCUT2D eigenvalue weighted by Gasteiger charge is 2.52. The lowest BCUT2D eigenvalue weighted by Crippen LogP contribution is -2.48. The Hall–Kier alpha value is -2.82. The van der Waals surface area contributed by atoms with Crippen LogP contribution in [0.1, 0.15) is 71.7 Å². The maximum atomic E-state index is 13.0. The number of methoxy groups -OCH3 is 1. The minimum atomic E-state index is -0.400. The van der Waals surface area contributed by atoms with Gasteiger partial charge in [0.25, 0.3) is 0 Å². The first kappa shape index (κ1) is 21.0. The molecule has 168 valence electrons. The van der Waals surface area contributed by atoms with Gasteiger partial charge < -0.3 is 14.2 Å². The third-order valence-corrected chi connectivity index (χ3v) is 7.62. The van der Waals surface area contributed by atoms with Gasteiger partial charge in [-0.1, -0.05) is 0 Å². The Kier molecular flexibility index (Phi) is 5.44. The molecule has 0 spiro atoms. The van der Waals surface area contributed by atoms with Crippen LogP contribution >= 0.6 is 0 Å². The molecule has 6 rings (SSSR count). The summed E-state index contributed by atoms with van der Waals surface area (Å²) in [5.74, 6) is 2.90. The number of benzene rings is 2. The van der Waals surface area contributed by atoms with E-state index in [1.54, 1.807) is 44.4 Å². The van der Waals surface area contributed by atoms with E-state index in [-0.39, 0.29) is 11.4 Å². The first-order valence-corrected chi connectivity index (χ1v) is 11.7. The van der Waals surface area contributed by atoms with E-state index in [0.29, 0.717) is 23.5 Å². The van der Waals surface area contributed by atoms with Crippen molar-refractivity contribution in [3.05, 3.63) is 59.2 Å². The van der Waals surface area contributed by atoms with E-state index in [0.717, 1.165) is 23.5 Å². The number of carbonyl (C=O) groups is 2. The Balaban J connectivity index is 1.38. The summed E-state index contributed by atoms with van der Waals surface area (Å²) < 4.78 is 16.4. The van der Waals surface area contributed by atoms with Gasteiger partial charge in [0.15, 0.2) is 0 Å². The molecular formula is C27H30O5. The molecule has 0 heterocycles. The molecule has 4 fully saturated rings. The summed E-state index contributed by atoms with van der Waals surface area (Å²) in [6.45, 7) is 2.08. The molecule has 0 amide bonds. The first-order valence-electron chi connectivity index (χ1n) is 11.7. The van der Waals surface area contributed by atoms with E-state index in [1.807, 2.05) is 12.1 Å². The van der Waals surface area contributed by atoms with Gasteiger partial charge in [-0.15, -0.1) is 0 Å². The molecule has 2 aromatic carbocycles. The van der Waals surface area contributed by atoms with Gasteiger partial charge in [0.05, 0.1) is 24.8 Å². The standard InChI is InChI=1S/C27H30O5/c1-3-31-25(28)20-4-7-22(8-5-20)32-26(29)21-6-9-24(30-2)23(13-21)27-14-17-10-18(15-27)12-19(11-17)16-27/h4-9,13,17-19H,3,10-12,14-16H2,1-2H3. The van der Waals surface area contributed by atoms with Crippen LogP contribution in [0.25, 0.3) is 0 Å². The molecular weight excluding hydrogens is 404 g/mol. The molecule has 0 aliphatic heterocycles. The van der Waals surface area contributed by atoms with Gasteiger partial charge in [-0.2, -0.15) is 0 Å². The minimum absolute atomic E-state index is 0.123. The molecule has 32 heavy (non-hydrogen) atoms. The van der Waals surface area contributed by atoms with Gasteiger partial charge in [0.1, 0.15) is 11.5 Å². The molecule has 0 unspecified atom stereocenters. The summed E-state index contributed by atoms with van der Waals surface area (Å²) in [6.07, 6.45) is 7.69. The molecule has 5 heteroatoms. The van der Waals surface area contributed by atoms with Gasteiger partial charge in [-0.3, -0.25) is 0 Å². The molecule has 4 saturated carbocycles. The van der Waals surface area contributed by atoms with Crippen molar-refractivity contribution in [3.63, 3.8) is 0 Å². The third kappa shape index (κ3) is 3.78. The molecule has 5 nitrogen and oxygen atoms in total. The Morgan fingerprint density at radius 2 is 1.47 bits per heavy atom. The molecule has 2 aromatic rings. The Bertz CT molecular complexity index is 988. The zero-order valence-electron chi connectivity index (χ0n) is 18.8. The quantitative estimate of drug-likeness (QED) is 0.440. The zero-order chi connectivity index (χ0) is 22.3. The SMILES string of the molecule is CCOC(=O)c1ccc(OC(=O)c2ccc(OC)c(C34CC5CC(CC(C5)C3)C4)c2)cc1. The maximum Gasteiger partial charge on any atom is 0.343 e. The lowest BCUT2D eigenvalue weighted by atomic mass is 9.48. The van der Waals surface area contributed by atoms with Gasteiger partial charge in [-0.25, -0.2) is 9.59 Å². The van der Waals surface area contributed by atoms with Crippen LogP contribution in [0.5, 0.6) is 11.5 Å². The maximum absolute atomic E-state index is 13.0. The number of hydrogen-bond acceptors (Lipinski definition) is 5. The average molecular weight is 435 g/mol. The molecule has 0 saturated heterocycles. The van der Waals surface area contributed by atoms with E-state index in [2.05, 4.69) is 0 Å². The van der Waals surface area contributed by atoms with Crippen LogP contribution in [0, 0.1) is 17.8 Å². The van der Waals surface area contributed by atoms with E-state index >= 15 is 0 Å². The molecule has 0 radical (unpaired) electrons. The fraction of sp³-hybridized carbons (Fsp3) is 0.481. The Morgan fingerprint density at radius 1 is 0.875 bits per heavy atom. The normalized spacial score (nSPS) is 27.8. The topological polar surface area (TPSA) is 61.8 Å². The lowest BCUT2D eigenvalue weighted by molar-refractivity contribution is -0.00618. The highest BCUT2D eigenvalue weighted by atomic mass is 16.5. The zero-order valence-corrected chi connectivity index (χ0v) is 18.8. The van der Waals surface area contributed by atoms with Crippen molar-refractivity contribution >= 4 is 11.9 Å². The number of hydrogen-bond donors (Lipinski definition) is 0. The van der Waals surface area contributed by atoms with Gasteiger partial charge >= 0.3 is 11.9 Å². The summed E-state index contributed by atoms with van der Waals surface area (Å²) in [5.41, 5.74) is 2.26. The van der Waals surface area contributed by atoms with Crippen LogP contribution in [0.15, 0.2) is 42.5 Å². The fourth-order valence-corrected chi connectivity index (χ4v) is 6.73. The molecule has 0 aromatic heterocycles. The number of carbonyl (C=O) groups excluding carboxylic acids is 2.